The zero-order valence-electron chi connectivity index (χ0n) is 20.5. The fraction of sp³-hybridized carbons (Fsp3) is 0.207. The van der Waals surface area contributed by atoms with E-state index in [1.54, 1.807) is 18.2 Å². The predicted octanol–water partition coefficient (Wildman–Crippen LogP) is 6.09. The summed E-state index contributed by atoms with van der Waals surface area (Å²) in [5, 5.41) is 7.48. The number of benzene rings is 3. The number of hydrogen-bond acceptors (Lipinski definition) is 3. The largest absolute Gasteiger partial charge is 0.329 e. The second-order valence-electron chi connectivity index (χ2n) is 8.66. The number of halogens is 2. The summed E-state index contributed by atoms with van der Waals surface area (Å²) in [4.78, 5) is 27.7. The lowest BCUT2D eigenvalue weighted by Gasteiger charge is -2.22. The van der Waals surface area contributed by atoms with Gasteiger partial charge in [-0.25, -0.2) is 13.5 Å². The zero-order chi connectivity index (χ0) is 26.2. The number of carbonyl (C=O) groups is 2. The first kappa shape index (κ1) is 25.8. The highest BCUT2D eigenvalue weighted by Gasteiger charge is 2.21. The average molecular weight is 503 g/mol. The van der Waals surface area contributed by atoms with Crippen molar-refractivity contribution >= 4 is 17.6 Å². The minimum atomic E-state index is -0.513. The summed E-state index contributed by atoms with van der Waals surface area (Å²) < 4.78 is 28.8. The summed E-state index contributed by atoms with van der Waals surface area (Å²) in [7, 11) is 0. The van der Waals surface area contributed by atoms with Crippen molar-refractivity contribution in [1.29, 1.82) is 0 Å². The van der Waals surface area contributed by atoms with E-state index in [9.17, 15) is 18.4 Å². The summed E-state index contributed by atoms with van der Waals surface area (Å²) in [5.41, 5.74) is 2.22. The van der Waals surface area contributed by atoms with E-state index in [1.165, 1.54) is 46.0 Å². The molecule has 37 heavy (non-hydrogen) atoms. The molecule has 2 amide bonds. The quantitative estimate of drug-likeness (QED) is 0.267. The van der Waals surface area contributed by atoms with Crippen molar-refractivity contribution in [2.24, 2.45) is 0 Å². The summed E-state index contributed by atoms with van der Waals surface area (Å²) in [5.74, 6) is -1.36. The first-order chi connectivity index (χ1) is 17.9. The number of aromatic nitrogens is 2. The number of unbranched alkanes of at least 4 members (excludes halogenated alkanes) is 2. The molecule has 4 aromatic rings. The van der Waals surface area contributed by atoms with E-state index in [4.69, 9.17) is 0 Å². The lowest BCUT2D eigenvalue weighted by molar-refractivity contribution is -0.117. The third-order valence-corrected chi connectivity index (χ3v) is 5.84. The number of rotatable bonds is 10. The fourth-order valence-electron chi connectivity index (χ4n) is 3.96. The first-order valence-electron chi connectivity index (χ1n) is 12.2. The topological polar surface area (TPSA) is 67.2 Å². The van der Waals surface area contributed by atoms with E-state index in [1.807, 2.05) is 37.3 Å². The molecule has 190 valence electrons. The Bertz CT molecular complexity index is 1350. The van der Waals surface area contributed by atoms with Gasteiger partial charge in [-0.3, -0.25) is 9.59 Å². The van der Waals surface area contributed by atoms with Gasteiger partial charge in [-0.2, -0.15) is 5.10 Å². The Morgan fingerprint density at radius 3 is 2.35 bits per heavy atom. The summed E-state index contributed by atoms with van der Waals surface area (Å²) in [6, 6.07) is 22.4. The third-order valence-electron chi connectivity index (χ3n) is 5.84. The zero-order valence-corrected chi connectivity index (χ0v) is 20.5. The lowest BCUT2D eigenvalue weighted by atomic mass is 10.1. The molecule has 0 aliphatic heterocycles. The summed E-state index contributed by atoms with van der Waals surface area (Å²) in [6.45, 7) is 2.20. The van der Waals surface area contributed by atoms with Crippen molar-refractivity contribution in [3.05, 3.63) is 102 Å². The van der Waals surface area contributed by atoms with Crippen LogP contribution in [0.4, 0.5) is 14.6 Å². The number of nitrogens with one attached hydrogen (secondary N) is 1. The summed E-state index contributed by atoms with van der Waals surface area (Å²) >= 11 is 0. The molecule has 0 saturated heterocycles. The minimum Gasteiger partial charge on any atom is -0.329 e. The van der Waals surface area contributed by atoms with Crippen LogP contribution < -0.4 is 5.32 Å². The number of nitrogens with zero attached hydrogens (tertiary/aromatic N) is 3. The number of carbonyl (C=O) groups excluding carboxylic acids is 2. The standard InChI is InChI=1S/C29H28F2N4O2/c1-2-3-7-17-34(29(37)22-11-8-12-24(31)18-22)20-28(36)32-27-19-26(21-9-5-4-6-10-21)33-35(27)25-15-13-23(30)14-16-25/h4-6,8-16,18-19H,2-3,7,17,20H2,1H3,(H,32,36). The summed E-state index contributed by atoms with van der Waals surface area (Å²) in [6.07, 6.45) is 2.57. The van der Waals surface area contributed by atoms with Gasteiger partial charge in [-0.1, -0.05) is 56.2 Å². The Hall–Kier alpha value is -4.33. The van der Waals surface area contributed by atoms with Crippen molar-refractivity contribution in [1.82, 2.24) is 14.7 Å². The van der Waals surface area contributed by atoms with Crippen LogP contribution in [-0.4, -0.2) is 39.6 Å². The van der Waals surface area contributed by atoms with Crippen LogP contribution in [0.2, 0.25) is 0 Å². The molecule has 0 aliphatic rings. The van der Waals surface area contributed by atoms with Crippen molar-refractivity contribution in [3.63, 3.8) is 0 Å². The van der Waals surface area contributed by atoms with E-state index in [0.717, 1.165) is 24.8 Å². The maximum atomic E-state index is 13.7. The Morgan fingerprint density at radius 1 is 0.892 bits per heavy atom. The number of anilines is 1. The molecule has 0 bridgehead atoms. The van der Waals surface area contributed by atoms with Gasteiger partial charge < -0.3 is 10.2 Å². The monoisotopic (exact) mass is 502 g/mol. The molecule has 6 nitrogen and oxygen atoms in total. The van der Waals surface area contributed by atoms with Gasteiger partial charge in [0.1, 0.15) is 24.0 Å². The first-order valence-corrected chi connectivity index (χ1v) is 12.2. The molecule has 0 fully saturated rings. The molecule has 0 spiro atoms. The van der Waals surface area contributed by atoms with Crippen molar-refractivity contribution in [2.45, 2.75) is 26.2 Å². The number of hydrogen-bond donors (Lipinski definition) is 1. The molecule has 1 aromatic heterocycles. The second kappa shape index (κ2) is 12.1. The molecule has 0 saturated carbocycles. The van der Waals surface area contributed by atoms with E-state index in [0.29, 0.717) is 23.7 Å². The Kier molecular flexibility index (Phi) is 8.40. The van der Waals surface area contributed by atoms with Crippen LogP contribution >= 0.6 is 0 Å². The van der Waals surface area contributed by atoms with Crippen molar-refractivity contribution in [2.75, 3.05) is 18.4 Å². The van der Waals surface area contributed by atoms with Crippen LogP contribution in [0.25, 0.3) is 16.9 Å². The molecule has 0 radical (unpaired) electrons. The third kappa shape index (κ3) is 6.67. The van der Waals surface area contributed by atoms with Crippen LogP contribution in [-0.2, 0) is 4.79 Å². The SMILES string of the molecule is CCCCCN(CC(=O)Nc1cc(-c2ccccc2)nn1-c1ccc(F)cc1)C(=O)c1cccc(F)c1. The fourth-order valence-corrected chi connectivity index (χ4v) is 3.96. The van der Waals surface area contributed by atoms with Crippen LogP contribution in [0.3, 0.4) is 0 Å². The molecule has 0 unspecified atom stereocenters. The van der Waals surface area contributed by atoms with Crippen LogP contribution in [0.1, 0.15) is 36.5 Å². The maximum Gasteiger partial charge on any atom is 0.254 e. The van der Waals surface area contributed by atoms with Crippen molar-refractivity contribution < 1.29 is 18.4 Å². The molecule has 1 heterocycles. The van der Waals surface area contributed by atoms with Gasteiger partial charge >= 0.3 is 0 Å². The Balaban J connectivity index is 1.59. The van der Waals surface area contributed by atoms with Gasteiger partial charge in [0.25, 0.3) is 5.91 Å². The molecule has 3 aromatic carbocycles. The van der Waals surface area contributed by atoms with Gasteiger partial charge in [0.15, 0.2) is 0 Å². The van der Waals surface area contributed by atoms with E-state index >= 15 is 0 Å². The number of amides is 2. The van der Waals surface area contributed by atoms with Gasteiger partial charge in [-0.15, -0.1) is 0 Å². The van der Waals surface area contributed by atoms with Gasteiger partial charge in [0, 0.05) is 23.7 Å². The van der Waals surface area contributed by atoms with E-state index in [2.05, 4.69) is 10.4 Å². The van der Waals surface area contributed by atoms with Crippen molar-refractivity contribution in [3.8, 4) is 16.9 Å². The highest BCUT2D eigenvalue weighted by atomic mass is 19.1. The molecular weight excluding hydrogens is 474 g/mol. The molecule has 8 heteroatoms. The van der Waals surface area contributed by atoms with E-state index < -0.39 is 17.6 Å². The van der Waals surface area contributed by atoms with Gasteiger partial charge in [0.05, 0.1) is 11.4 Å². The molecule has 4 rings (SSSR count). The van der Waals surface area contributed by atoms with Gasteiger partial charge in [-0.05, 0) is 48.9 Å². The second-order valence-corrected chi connectivity index (χ2v) is 8.66. The van der Waals surface area contributed by atoms with Crippen LogP contribution in [0.5, 0.6) is 0 Å². The predicted molar refractivity (Wildman–Crippen MR) is 139 cm³/mol. The Labute approximate surface area is 214 Å². The highest BCUT2D eigenvalue weighted by Crippen LogP contribution is 2.25. The van der Waals surface area contributed by atoms with Crippen LogP contribution in [0, 0.1) is 11.6 Å². The smallest absolute Gasteiger partial charge is 0.254 e. The highest BCUT2D eigenvalue weighted by molar-refractivity contribution is 5.99. The normalized spacial score (nSPS) is 10.8. The Morgan fingerprint density at radius 2 is 1.65 bits per heavy atom. The van der Waals surface area contributed by atoms with Gasteiger partial charge in [0.2, 0.25) is 5.91 Å². The average Bonchev–Trinajstić information content (AvgIpc) is 3.32. The van der Waals surface area contributed by atoms with E-state index in [-0.39, 0.29) is 17.9 Å². The maximum absolute atomic E-state index is 13.7. The molecule has 0 atom stereocenters. The lowest BCUT2D eigenvalue weighted by Crippen LogP contribution is -2.39. The van der Waals surface area contributed by atoms with Crippen LogP contribution in [0.15, 0.2) is 84.9 Å². The molecule has 0 aliphatic carbocycles. The molecular formula is C29H28F2N4O2. The molecule has 1 N–H and O–H groups in total. The minimum absolute atomic E-state index is 0.187.